The number of halogens is 1. The van der Waals surface area contributed by atoms with Crippen LogP contribution in [0, 0.1) is 0 Å². The number of nitrogens with two attached hydrogens (primary N) is 1. The summed E-state index contributed by atoms with van der Waals surface area (Å²) in [6.07, 6.45) is 3.63. The minimum absolute atomic E-state index is 0.121. The van der Waals surface area contributed by atoms with Crippen molar-refractivity contribution in [2.24, 2.45) is 5.73 Å². The van der Waals surface area contributed by atoms with E-state index < -0.39 is 0 Å². The van der Waals surface area contributed by atoms with Gasteiger partial charge in [-0.05, 0) is 35.0 Å². The fourth-order valence-electron chi connectivity index (χ4n) is 1.80. The van der Waals surface area contributed by atoms with Gasteiger partial charge in [0.05, 0.1) is 23.5 Å². The quantitative estimate of drug-likeness (QED) is 0.947. The first-order chi connectivity index (χ1) is 8.13. The molecule has 0 spiro atoms. The Hall–Kier alpha value is -1.33. The van der Waals surface area contributed by atoms with Crippen LogP contribution in [0.3, 0.4) is 0 Å². The van der Waals surface area contributed by atoms with E-state index in [2.05, 4.69) is 21.0 Å². The van der Waals surface area contributed by atoms with Crippen LogP contribution in [-0.4, -0.2) is 16.9 Å². The number of aromatic nitrogens is 2. The fourth-order valence-corrected chi connectivity index (χ4v) is 2.09. The van der Waals surface area contributed by atoms with Crippen molar-refractivity contribution >= 4 is 15.9 Å². The molecule has 17 heavy (non-hydrogen) atoms. The highest BCUT2D eigenvalue weighted by Gasteiger charge is 2.14. The molecule has 4 nitrogen and oxygen atoms in total. The predicted octanol–water partition coefficient (Wildman–Crippen LogP) is 2.66. The van der Waals surface area contributed by atoms with Crippen molar-refractivity contribution in [3.05, 3.63) is 40.6 Å². The Bertz CT molecular complexity index is 522. The van der Waals surface area contributed by atoms with E-state index in [4.69, 9.17) is 10.5 Å². The zero-order valence-corrected chi connectivity index (χ0v) is 11.3. The van der Waals surface area contributed by atoms with Crippen molar-refractivity contribution in [2.75, 3.05) is 7.11 Å². The van der Waals surface area contributed by atoms with E-state index in [9.17, 15) is 0 Å². The molecule has 2 rings (SSSR count). The lowest BCUT2D eigenvalue weighted by Gasteiger charge is -2.16. The first kappa shape index (κ1) is 12.1. The Morgan fingerprint density at radius 3 is 2.76 bits per heavy atom. The second-order valence-corrected chi connectivity index (χ2v) is 4.70. The summed E-state index contributed by atoms with van der Waals surface area (Å²) in [5.74, 6) is 0.782. The smallest absolute Gasteiger partial charge is 0.125 e. The third-order valence-electron chi connectivity index (χ3n) is 2.52. The molecule has 0 saturated carbocycles. The van der Waals surface area contributed by atoms with Crippen LogP contribution in [0.4, 0.5) is 0 Å². The Morgan fingerprint density at radius 2 is 2.24 bits per heavy atom. The van der Waals surface area contributed by atoms with Gasteiger partial charge in [-0.25, -0.2) is 4.68 Å². The number of methoxy groups -OCH3 is 1. The van der Waals surface area contributed by atoms with Crippen LogP contribution in [-0.2, 0) is 0 Å². The van der Waals surface area contributed by atoms with Gasteiger partial charge in [0.25, 0.3) is 0 Å². The topological polar surface area (TPSA) is 53.1 Å². The maximum atomic E-state index is 6.00. The molecule has 0 aliphatic carbocycles. The molecule has 0 aliphatic rings. The molecular formula is C12H14BrN3O. The molecule has 0 aliphatic heterocycles. The van der Waals surface area contributed by atoms with Crippen molar-refractivity contribution in [1.82, 2.24) is 9.78 Å². The summed E-state index contributed by atoms with van der Waals surface area (Å²) in [4.78, 5) is 0. The number of hydrogen-bond acceptors (Lipinski definition) is 3. The van der Waals surface area contributed by atoms with Gasteiger partial charge in [0.1, 0.15) is 5.75 Å². The zero-order valence-electron chi connectivity index (χ0n) is 9.72. The standard InChI is InChI=1S/C12H14BrN3O/c1-8(14)12-10(4-3-5-11(12)17-2)16-7-9(13)6-15-16/h3-8H,14H2,1-2H3/t8-/m1/s1. The van der Waals surface area contributed by atoms with Crippen LogP contribution in [0.15, 0.2) is 35.1 Å². The predicted molar refractivity (Wildman–Crippen MR) is 70.4 cm³/mol. The number of rotatable bonds is 3. The van der Waals surface area contributed by atoms with Gasteiger partial charge in [-0.2, -0.15) is 5.10 Å². The van der Waals surface area contributed by atoms with Gasteiger partial charge in [-0.15, -0.1) is 0 Å². The molecule has 90 valence electrons. The Balaban J connectivity index is 2.60. The van der Waals surface area contributed by atoms with Gasteiger partial charge >= 0.3 is 0 Å². The fraction of sp³-hybridized carbons (Fsp3) is 0.250. The van der Waals surface area contributed by atoms with Crippen LogP contribution >= 0.6 is 15.9 Å². The minimum atomic E-state index is -0.121. The van der Waals surface area contributed by atoms with E-state index in [-0.39, 0.29) is 6.04 Å². The molecule has 0 bridgehead atoms. The second-order valence-electron chi connectivity index (χ2n) is 3.78. The van der Waals surface area contributed by atoms with Crippen LogP contribution in [0.25, 0.3) is 5.69 Å². The van der Waals surface area contributed by atoms with Gasteiger partial charge in [-0.3, -0.25) is 0 Å². The molecule has 2 N–H and O–H groups in total. The van der Waals surface area contributed by atoms with Crippen molar-refractivity contribution < 1.29 is 4.74 Å². The molecule has 1 atom stereocenters. The SMILES string of the molecule is COc1cccc(-n2cc(Br)cn2)c1[C@@H](C)N. The molecule has 1 aromatic heterocycles. The Kier molecular flexibility index (Phi) is 3.49. The van der Waals surface area contributed by atoms with E-state index in [0.717, 1.165) is 21.5 Å². The number of hydrogen-bond donors (Lipinski definition) is 1. The van der Waals surface area contributed by atoms with Crippen molar-refractivity contribution in [3.8, 4) is 11.4 Å². The van der Waals surface area contributed by atoms with Gasteiger partial charge in [0, 0.05) is 17.8 Å². The van der Waals surface area contributed by atoms with Gasteiger partial charge < -0.3 is 10.5 Å². The largest absolute Gasteiger partial charge is 0.496 e. The minimum Gasteiger partial charge on any atom is -0.496 e. The molecule has 0 saturated heterocycles. The Morgan fingerprint density at radius 1 is 1.47 bits per heavy atom. The molecular weight excluding hydrogens is 282 g/mol. The number of benzene rings is 1. The molecule has 5 heteroatoms. The normalized spacial score (nSPS) is 12.5. The van der Waals surface area contributed by atoms with Crippen molar-refractivity contribution in [3.63, 3.8) is 0 Å². The average Bonchev–Trinajstić information content (AvgIpc) is 2.74. The Labute approximate surface area is 109 Å². The first-order valence-corrected chi connectivity index (χ1v) is 6.06. The summed E-state index contributed by atoms with van der Waals surface area (Å²) >= 11 is 3.38. The zero-order chi connectivity index (χ0) is 12.4. The van der Waals surface area contributed by atoms with Crippen LogP contribution in [0.1, 0.15) is 18.5 Å². The molecule has 0 amide bonds. The monoisotopic (exact) mass is 295 g/mol. The van der Waals surface area contributed by atoms with Gasteiger partial charge in [-0.1, -0.05) is 6.07 Å². The number of nitrogens with zero attached hydrogens (tertiary/aromatic N) is 2. The molecule has 1 aromatic carbocycles. The van der Waals surface area contributed by atoms with E-state index >= 15 is 0 Å². The lowest BCUT2D eigenvalue weighted by atomic mass is 10.1. The highest BCUT2D eigenvalue weighted by molar-refractivity contribution is 9.10. The highest BCUT2D eigenvalue weighted by Crippen LogP contribution is 2.30. The van der Waals surface area contributed by atoms with E-state index in [0.29, 0.717) is 0 Å². The van der Waals surface area contributed by atoms with E-state index in [1.807, 2.05) is 31.3 Å². The maximum Gasteiger partial charge on any atom is 0.125 e. The van der Waals surface area contributed by atoms with Crippen LogP contribution in [0.5, 0.6) is 5.75 Å². The summed E-state index contributed by atoms with van der Waals surface area (Å²) in [5, 5.41) is 4.26. The third-order valence-corrected chi connectivity index (χ3v) is 2.93. The molecule has 2 aromatic rings. The van der Waals surface area contributed by atoms with Crippen molar-refractivity contribution in [2.45, 2.75) is 13.0 Å². The van der Waals surface area contributed by atoms with Gasteiger partial charge in [0.15, 0.2) is 0 Å². The average molecular weight is 296 g/mol. The summed E-state index contributed by atoms with van der Waals surface area (Å²) < 4.78 is 8.05. The highest BCUT2D eigenvalue weighted by atomic mass is 79.9. The number of ether oxygens (including phenoxy) is 1. The second kappa shape index (κ2) is 4.89. The first-order valence-electron chi connectivity index (χ1n) is 5.26. The molecule has 0 radical (unpaired) electrons. The van der Waals surface area contributed by atoms with Crippen molar-refractivity contribution in [1.29, 1.82) is 0 Å². The lowest BCUT2D eigenvalue weighted by Crippen LogP contribution is -2.11. The summed E-state index contributed by atoms with van der Waals surface area (Å²) in [7, 11) is 1.64. The molecule has 1 heterocycles. The maximum absolute atomic E-state index is 6.00. The van der Waals surface area contributed by atoms with E-state index in [1.54, 1.807) is 18.0 Å². The van der Waals surface area contributed by atoms with E-state index in [1.165, 1.54) is 0 Å². The summed E-state index contributed by atoms with van der Waals surface area (Å²) in [6.45, 7) is 1.93. The van der Waals surface area contributed by atoms with Crippen LogP contribution < -0.4 is 10.5 Å². The third kappa shape index (κ3) is 2.35. The molecule has 0 unspecified atom stereocenters. The lowest BCUT2D eigenvalue weighted by molar-refractivity contribution is 0.406. The van der Waals surface area contributed by atoms with Crippen LogP contribution in [0.2, 0.25) is 0 Å². The summed E-state index contributed by atoms with van der Waals surface area (Å²) in [5.41, 5.74) is 7.89. The van der Waals surface area contributed by atoms with Gasteiger partial charge in [0.2, 0.25) is 0 Å². The summed E-state index contributed by atoms with van der Waals surface area (Å²) in [6, 6.07) is 5.68. The molecule has 0 fully saturated rings.